The van der Waals surface area contributed by atoms with Gasteiger partial charge in [-0.05, 0) is 30.2 Å². The summed E-state index contributed by atoms with van der Waals surface area (Å²) in [6, 6.07) is 23.4. The van der Waals surface area contributed by atoms with Gasteiger partial charge in [0.1, 0.15) is 16.2 Å². The van der Waals surface area contributed by atoms with Crippen molar-refractivity contribution in [3.05, 3.63) is 82.9 Å². The molecule has 0 bridgehead atoms. The van der Waals surface area contributed by atoms with Crippen molar-refractivity contribution in [1.29, 1.82) is 0 Å². The Labute approximate surface area is 177 Å². The second-order valence-corrected chi connectivity index (χ2v) is 9.22. The van der Waals surface area contributed by atoms with Crippen LogP contribution in [0.4, 0.5) is 0 Å². The third-order valence-corrected chi connectivity index (χ3v) is 6.94. The second kappa shape index (κ2) is 7.58. The largest absolute Gasteiger partial charge is 0.238 e. The molecule has 3 nitrogen and oxygen atoms in total. The van der Waals surface area contributed by atoms with E-state index in [1.807, 2.05) is 6.92 Å². The molecule has 0 saturated carbocycles. The molecule has 5 rings (SSSR count). The van der Waals surface area contributed by atoms with Crippen LogP contribution in [-0.2, 0) is 5.75 Å². The molecular weight excluding hydrogens is 394 g/mol. The molecule has 0 amide bonds. The molecule has 142 valence electrons. The summed E-state index contributed by atoms with van der Waals surface area (Å²) >= 11 is 3.40. The van der Waals surface area contributed by atoms with Gasteiger partial charge < -0.3 is 0 Å². The molecule has 2 aromatic heterocycles. The molecule has 5 heteroatoms. The lowest BCUT2D eigenvalue weighted by Crippen LogP contribution is -1.93. The number of benzene rings is 3. The van der Waals surface area contributed by atoms with Crippen LogP contribution in [0.1, 0.15) is 16.1 Å². The van der Waals surface area contributed by atoms with E-state index in [0.29, 0.717) is 0 Å². The van der Waals surface area contributed by atoms with Gasteiger partial charge in [-0.3, -0.25) is 0 Å². The predicted molar refractivity (Wildman–Crippen MR) is 124 cm³/mol. The van der Waals surface area contributed by atoms with E-state index in [-0.39, 0.29) is 0 Å². The summed E-state index contributed by atoms with van der Waals surface area (Å²) in [6.07, 6.45) is 0. The van der Waals surface area contributed by atoms with E-state index in [1.54, 1.807) is 23.1 Å². The van der Waals surface area contributed by atoms with Gasteiger partial charge in [-0.1, -0.05) is 84.1 Å². The van der Waals surface area contributed by atoms with Crippen LogP contribution in [0, 0.1) is 13.8 Å². The van der Waals surface area contributed by atoms with Gasteiger partial charge in [0.15, 0.2) is 0 Å². The third-order valence-electron chi connectivity index (χ3n) is 4.96. The van der Waals surface area contributed by atoms with Crippen LogP contribution in [0.25, 0.3) is 32.2 Å². The van der Waals surface area contributed by atoms with E-state index in [0.717, 1.165) is 37.3 Å². The number of thiazole rings is 1. The average Bonchev–Trinajstić information content (AvgIpc) is 3.14. The fourth-order valence-corrected chi connectivity index (χ4v) is 5.40. The van der Waals surface area contributed by atoms with Crippen LogP contribution in [0.2, 0.25) is 0 Å². The molecule has 0 aliphatic rings. The Kier molecular flexibility index (Phi) is 4.78. The standard InChI is InChI=1S/C24H19N3S2/c1-15-10-12-18(13-11-15)21-23-22(25-16(2)29-23)24(27-26-21)28-14-19-8-5-7-17-6-3-4-9-20(17)19/h3-13H,14H2,1-2H3. The molecule has 0 unspecified atom stereocenters. The first-order valence-electron chi connectivity index (χ1n) is 9.49. The molecule has 5 aromatic rings. The maximum absolute atomic E-state index is 4.79. The predicted octanol–water partition coefficient (Wildman–Crippen LogP) is 6.82. The molecule has 0 spiro atoms. The molecular formula is C24H19N3S2. The normalized spacial score (nSPS) is 11.4. The van der Waals surface area contributed by atoms with Crippen LogP contribution in [0.3, 0.4) is 0 Å². The Morgan fingerprint density at radius 2 is 1.66 bits per heavy atom. The Balaban J connectivity index is 1.52. The molecule has 29 heavy (non-hydrogen) atoms. The smallest absolute Gasteiger partial charge is 0.146 e. The number of aromatic nitrogens is 3. The highest BCUT2D eigenvalue weighted by atomic mass is 32.2. The summed E-state index contributed by atoms with van der Waals surface area (Å²) in [5.74, 6) is 0.839. The number of aryl methyl sites for hydroxylation is 2. The van der Waals surface area contributed by atoms with Crippen LogP contribution in [0.5, 0.6) is 0 Å². The lowest BCUT2D eigenvalue weighted by Gasteiger charge is -2.08. The van der Waals surface area contributed by atoms with E-state index < -0.39 is 0 Å². The third kappa shape index (κ3) is 3.52. The fourth-order valence-electron chi connectivity index (χ4n) is 3.48. The van der Waals surface area contributed by atoms with Gasteiger partial charge in [-0.2, -0.15) is 0 Å². The minimum Gasteiger partial charge on any atom is -0.238 e. The Morgan fingerprint density at radius 1 is 0.862 bits per heavy atom. The quantitative estimate of drug-likeness (QED) is 0.303. The van der Waals surface area contributed by atoms with Crippen LogP contribution >= 0.6 is 23.1 Å². The van der Waals surface area contributed by atoms with Gasteiger partial charge in [0.2, 0.25) is 0 Å². The van der Waals surface area contributed by atoms with E-state index in [4.69, 9.17) is 4.98 Å². The van der Waals surface area contributed by atoms with Crippen molar-refractivity contribution in [3.63, 3.8) is 0 Å². The van der Waals surface area contributed by atoms with E-state index >= 15 is 0 Å². The first kappa shape index (κ1) is 18.3. The first-order valence-corrected chi connectivity index (χ1v) is 11.3. The molecule has 0 atom stereocenters. The van der Waals surface area contributed by atoms with E-state index in [9.17, 15) is 0 Å². The van der Waals surface area contributed by atoms with Crippen LogP contribution in [-0.4, -0.2) is 15.2 Å². The van der Waals surface area contributed by atoms with Gasteiger partial charge in [0, 0.05) is 11.3 Å². The zero-order valence-electron chi connectivity index (χ0n) is 16.2. The molecule has 2 heterocycles. The maximum atomic E-state index is 4.79. The minimum absolute atomic E-state index is 0.839. The Morgan fingerprint density at radius 3 is 2.52 bits per heavy atom. The summed E-state index contributed by atoms with van der Waals surface area (Å²) in [5.41, 5.74) is 5.50. The summed E-state index contributed by atoms with van der Waals surface area (Å²) in [6.45, 7) is 4.14. The Bertz CT molecular complexity index is 1320. The van der Waals surface area contributed by atoms with Gasteiger partial charge >= 0.3 is 0 Å². The van der Waals surface area contributed by atoms with Crippen molar-refractivity contribution in [1.82, 2.24) is 15.2 Å². The lowest BCUT2D eigenvalue weighted by molar-refractivity contribution is 0.955. The first-order chi connectivity index (χ1) is 14.2. The number of hydrogen-bond acceptors (Lipinski definition) is 5. The maximum Gasteiger partial charge on any atom is 0.146 e. The molecule has 0 fully saturated rings. The fraction of sp³-hybridized carbons (Fsp3) is 0.125. The number of rotatable bonds is 4. The van der Waals surface area contributed by atoms with Crippen LogP contribution < -0.4 is 0 Å². The van der Waals surface area contributed by atoms with E-state index in [2.05, 4.69) is 83.9 Å². The van der Waals surface area contributed by atoms with Crippen molar-refractivity contribution < 1.29 is 0 Å². The molecule has 0 N–H and O–H groups in total. The molecule has 3 aromatic carbocycles. The van der Waals surface area contributed by atoms with Crippen molar-refractivity contribution in [2.24, 2.45) is 0 Å². The zero-order valence-corrected chi connectivity index (χ0v) is 17.8. The summed E-state index contributed by atoms with van der Waals surface area (Å²) in [4.78, 5) is 4.79. The molecule has 0 saturated heterocycles. The van der Waals surface area contributed by atoms with Gasteiger partial charge in [-0.15, -0.1) is 21.5 Å². The zero-order chi connectivity index (χ0) is 19.8. The number of fused-ring (bicyclic) bond motifs is 2. The van der Waals surface area contributed by atoms with Gasteiger partial charge in [-0.25, -0.2) is 4.98 Å². The van der Waals surface area contributed by atoms with Crippen LogP contribution in [0.15, 0.2) is 71.8 Å². The van der Waals surface area contributed by atoms with Crippen molar-refractivity contribution in [3.8, 4) is 11.3 Å². The highest BCUT2D eigenvalue weighted by Gasteiger charge is 2.16. The molecule has 0 aliphatic heterocycles. The van der Waals surface area contributed by atoms with Gasteiger partial charge in [0.25, 0.3) is 0 Å². The highest BCUT2D eigenvalue weighted by molar-refractivity contribution is 7.98. The molecule has 0 aliphatic carbocycles. The lowest BCUT2D eigenvalue weighted by atomic mass is 10.1. The van der Waals surface area contributed by atoms with Crippen molar-refractivity contribution in [2.45, 2.75) is 24.6 Å². The van der Waals surface area contributed by atoms with E-state index in [1.165, 1.54) is 21.9 Å². The summed E-state index contributed by atoms with van der Waals surface area (Å²) < 4.78 is 1.11. The van der Waals surface area contributed by atoms with Crippen molar-refractivity contribution in [2.75, 3.05) is 0 Å². The summed E-state index contributed by atoms with van der Waals surface area (Å²) in [7, 11) is 0. The highest BCUT2D eigenvalue weighted by Crippen LogP contribution is 2.36. The van der Waals surface area contributed by atoms with Gasteiger partial charge in [0.05, 0.1) is 9.71 Å². The second-order valence-electron chi connectivity index (χ2n) is 7.06. The molecule has 0 radical (unpaired) electrons. The average molecular weight is 414 g/mol. The Hall–Kier alpha value is -2.76. The monoisotopic (exact) mass is 413 g/mol. The number of nitrogens with zero attached hydrogens (tertiary/aromatic N) is 3. The number of thioether (sulfide) groups is 1. The SMILES string of the molecule is Cc1ccc(-c2nnc(SCc3cccc4ccccc34)c3nc(C)sc23)cc1. The number of hydrogen-bond donors (Lipinski definition) is 0. The minimum atomic E-state index is 0.839. The summed E-state index contributed by atoms with van der Waals surface area (Å²) in [5, 5.41) is 13.7. The topological polar surface area (TPSA) is 38.7 Å². The van der Waals surface area contributed by atoms with Crippen molar-refractivity contribution >= 4 is 44.1 Å².